The van der Waals surface area contributed by atoms with Crippen molar-refractivity contribution < 1.29 is 14.3 Å². The van der Waals surface area contributed by atoms with Crippen LogP contribution in [-0.2, 0) is 11.2 Å². The molecule has 0 heterocycles. The van der Waals surface area contributed by atoms with Gasteiger partial charge in [0.25, 0.3) is 0 Å². The molecule has 0 aliphatic carbocycles. The molecule has 2 aromatic rings. The molecule has 110 valence electrons. The van der Waals surface area contributed by atoms with Gasteiger partial charge < -0.3 is 16.2 Å². The van der Waals surface area contributed by atoms with Crippen molar-refractivity contribution in [2.45, 2.75) is 13.3 Å². The normalized spacial score (nSPS) is 10.4. The first-order valence-corrected chi connectivity index (χ1v) is 6.58. The summed E-state index contributed by atoms with van der Waals surface area (Å²) in [6, 6.07) is 7.79. The van der Waals surface area contributed by atoms with Crippen LogP contribution < -0.4 is 11.1 Å². The van der Waals surface area contributed by atoms with Gasteiger partial charge in [-0.2, -0.15) is 0 Å². The Bertz CT molecular complexity index is 704. The molecule has 21 heavy (non-hydrogen) atoms. The van der Waals surface area contributed by atoms with E-state index in [0.717, 1.165) is 5.56 Å². The predicted octanol–water partition coefficient (Wildman–Crippen LogP) is 3.74. The summed E-state index contributed by atoms with van der Waals surface area (Å²) in [7, 11) is 0. The van der Waals surface area contributed by atoms with Crippen LogP contribution in [0.5, 0.6) is 0 Å². The van der Waals surface area contributed by atoms with Crippen molar-refractivity contribution in [2.24, 2.45) is 0 Å². The Morgan fingerprint density at radius 1 is 1.38 bits per heavy atom. The van der Waals surface area contributed by atoms with Crippen LogP contribution in [0.25, 0.3) is 0 Å². The Labute approximate surface area is 126 Å². The van der Waals surface area contributed by atoms with Crippen molar-refractivity contribution in [1.82, 2.24) is 0 Å². The predicted molar refractivity (Wildman–Crippen MR) is 81.6 cm³/mol. The van der Waals surface area contributed by atoms with E-state index in [1.54, 1.807) is 18.2 Å². The van der Waals surface area contributed by atoms with E-state index in [4.69, 9.17) is 22.4 Å². The van der Waals surface area contributed by atoms with Crippen molar-refractivity contribution in [3.05, 3.63) is 52.3 Å². The molecule has 0 amide bonds. The van der Waals surface area contributed by atoms with E-state index >= 15 is 0 Å². The average molecular weight is 309 g/mol. The van der Waals surface area contributed by atoms with Gasteiger partial charge in [-0.05, 0) is 30.7 Å². The molecule has 0 spiro atoms. The number of rotatable bonds is 4. The lowest BCUT2D eigenvalue weighted by molar-refractivity contribution is -0.136. The number of hydrogen-bond acceptors (Lipinski definition) is 3. The number of carboxylic acid groups (broad SMARTS) is 1. The van der Waals surface area contributed by atoms with Gasteiger partial charge in [0.1, 0.15) is 5.82 Å². The lowest BCUT2D eigenvalue weighted by Crippen LogP contribution is -2.05. The third-order valence-electron chi connectivity index (χ3n) is 2.98. The van der Waals surface area contributed by atoms with Gasteiger partial charge in [-0.1, -0.05) is 29.3 Å². The molecule has 0 fully saturated rings. The van der Waals surface area contributed by atoms with Gasteiger partial charge in [0.05, 0.1) is 22.8 Å². The van der Waals surface area contributed by atoms with Gasteiger partial charge in [-0.25, -0.2) is 4.39 Å². The monoisotopic (exact) mass is 308 g/mol. The van der Waals surface area contributed by atoms with E-state index in [9.17, 15) is 9.18 Å². The fourth-order valence-electron chi connectivity index (χ4n) is 1.97. The Kier molecular flexibility index (Phi) is 4.33. The van der Waals surface area contributed by atoms with E-state index in [2.05, 4.69) is 5.32 Å². The van der Waals surface area contributed by atoms with E-state index in [1.165, 1.54) is 12.1 Å². The van der Waals surface area contributed by atoms with E-state index in [-0.39, 0.29) is 22.8 Å². The van der Waals surface area contributed by atoms with Crippen molar-refractivity contribution in [1.29, 1.82) is 0 Å². The molecule has 2 aromatic carbocycles. The molecule has 0 saturated carbocycles. The van der Waals surface area contributed by atoms with Crippen molar-refractivity contribution in [2.75, 3.05) is 11.1 Å². The van der Waals surface area contributed by atoms with Gasteiger partial charge in [-0.15, -0.1) is 0 Å². The molecular weight excluding hydrogens is 295 g/mol. The Morgan fingerprint density at radius 2 is 2.10 bits per heavy atom. The SMILES string of the molecule is Cc1ccc(Nc2c(F)ccc(N)c2Cl)c(CC(=O)O)c1. The number of nitrogen functional groups attached to an aromatic ring is 1. The number of anilines is 3. The summed E-state index contributed by atoms with van der Waals surface area (Å²) >= 11 is 5.99. The van der Waals surface area contributed by atoms with Gasteiger partial charge >= 0.3 is 5.97 Å². The molecule has 4 nitrogen and oxygen atoms in total. The summed E-state index contributed by atoms with van der Waals surface area (Å²) in [5.74, 6) is -1.53. The maximum absolute atomic E-state index is 13.9. The van der Waals surface area contributed by atoms with Crippen molar-refractivity contribution in [3.8, 4) is 0 Å². The highest BCUT2D eigenvalue weighted by Crippen LogP contribution is 2.34. The summed E-state index contributed by atoms with van der Waals surface area (Å²) in [6.07, 6.45) is -0.175. The zero-order valence-corrected chi connectivity index (χ0v) is 12.0. The first kappa shape index (κ1) is 15.1. The highest BCUT2D eigenvalue weighted by atomic mass is 35.5. The zero-order valence-electron chi connectivity index (χ0n) is 11.3. The molecule has 2 rings (SSSR count). The van der Waals surface area contributed by atoms with Gasteiger partial charge in [-0.3, -0.25) is 4.79 Å². The third-order valence-corrected chi connectivity index (χ3v) is 3.39. The molecule has 0 aliphatic rings. The molecule has 6 heteroatoms. The minimum Gasteiger partial charge on any atom is -0.481 e. The van der Waals surface area contributed by atoms with E-state index in [0.29, 0.717) is 11.3 Å². The van der Waals surface area contributed by atoms with Crippen LogP contribution in [0.3, 0.4) is 0 Å². The maximum Gasteiger partial charge on any atom is 0.307 e. The van der Waals surface area contributed by atoms with Crippen LogP contribution in [0.1, 0.15) is 11.1 Å². The van der Waals surface area contributed by atoms with Crippen LogP contribution in [-0.4, -0.2) is 11.1 Å². The fraction of sp³-hybridized carbons (Fsp3) is 0.133. The van der Waals surface area contributed by atoms with E-state index < -0.39 is 11.8 Å². The fourth-order valence-corrected chi connectivity index (χ4v) is 2.17. The van der Waals surface area contributed by atoms with Crippen LogP contribution in [0.4, 0.5) is 21.5 Å². The number of carboxylic acids is 1. The summed E-state index contributed by atoms with van der Waals surface area (Å²) in [5, 5.41) is 11.9. The number of benzene rings is 2. The van der Waals surface area contributed by atoms with Gasteiger partial charge in [0.2, 0.25) is 0 Å². The molecule has 0 bridgehead atoms. The quantitative estimate of drug-likeness (QED) is 0.752. The molecule has 0 aromatic heterocycles. The molecule has 0 radical (unpaired) electrons. The second kappa shape index (κ2) is 6.01. The number of nitrogens with one attached hydrogen (secondary N) is 1. The molecule has 0 atom stereocenters. The average Bonchev–Trinajstić information content (AvgIpc) is 2.41. The van der Waals surface area contributed by atoms with Crippen LogP contribution in [0.2, 0.25) is 5.02 Å². The van der Waals surface area contributed by atoms with Crippen LogP contribution in [0, 0.1) is 12.7 Å². The molecular formula is C15H14ClFN2O2. The summed E-state index contributed by atoms with van der Waals surface area (Å²) < 4.78 is 13.9. The number of aliphatic carboxylic acids is 1. The summed E-state index contributed by atoms with van der Waals surface area (Å²) in [5.41, 5.74) is 7.87. The second-order valence-corrected chi connectivity index (χ2v) is 5.06. The summed E-state index contributed by atoms with van der Waals surface area (Å²) in [6.45, 7) is 1.85. The number of carbonyl (C=O) groups is 1. The molecule has 4 N–H and O–H groups in total. The standard InChI is InChI=1S/C15H14ClFN2O2/c1-8-2-5-12(9(6-8)7-13(20)21)19-15-10(17)3-4-11(18)14(15)16/h2-6,19H,7,18H2,1H3,(H,20,21). The smallest absolute Gasteiger partial charge is 0.307 e. The van der Waals surface area contributed by atoms with Crippen molar-refractivity contribution in [3.63, 3.8) is 0 Å². The summed E-state index contributed by atoms with van der Waals surface area (Å²) in [4.78, 5) is 10.9. The number of nitrogens with two attached hydrogens (primary N) is 1. The lowest BCUT2D eigenvalue weighted by Gasteiger charge is -2.14. The first-order chi connectivity index (χ1) is 9.88. The highest BCUT2D eigenvalue weighted by Gasteiger charge is 2.13. The first-order valence-electron chi connectivity index (χ1n) is 6.20. The van der Waals surface area contributed by atoms with Crippen molar-refractivity contribution >= 4 is 34.6 Å². The molecule has 0 aliphatic heterocycles. The zero-order chi connectivity index (χ0) is 15.6. The van der Waals surface area contributed by atoms with Gasteiger partial charge in [0, 0.05) is 5.69 Å². The minimum atomic E-state index is -0.970. The topological polar surface area (TPSA) is 75.3 Å². The maximum atomic E-state index is 13.9. The highest BCUT2D eigenvalue weighted by molar-refractivity contribution is 6.35. The second-order valence-electron chi connectivity index (χ2n) is 4.68. The minimum absolute atomic E-state index is 0.0344. The lowest BCUT2D eigenvalue weighted by atomic mass is 10.1. The van der Waals surface area contributed by atoms with Crippen LogP contribution in [0.15, 0.2) is 30.3 Å². The molecule has 0 unspecified atom stereocenters. The number of aryl methyl sites for hydroxylation is 1. The van der Waals surface area contributed by atoms with Crippen LogP contribution >= 0.6 is 11.6 Å². The van der Waals surface area contributed by atoms with E-state index in [1.807, 2.05) is 6.92 Å². The third kappa shape index (κ3) is 3.44. The number of hydrogen-bond donors (Lipinski definition) is 3. The Morgan fingerprint density at radius 3 is 2.76 bits per heavy atom. The Hall–Kier alpha value is -2.27. The number of halogens is 2. The Balaban J connectivity index is 2.44. The molecule has 0 saturated heterocycles. The van der Waals surface area contributed by atoms with Gasteiger partial charge in [0.15, 0.2) is 0 Å². The largest absolute Gasteiger partial charge is 0.481 e.